The minimum Gasteiger partial charge on any atom is -0.396 e. The molecule has 3 N–H and O–H groups in total. The number of ketones is 1. The zero-order valence-corrected chi connectivity index (χ0v) is 23.1. The van der Waals surface area contributed by atoms with Crippen LogP contribution in [-0.2, 0) is 9.53 Å². The van der Waals surface area contributed by atoms with E-state index in [1.54, 1.807) is 0 Å². The van der Waals surface area contributed by atoms with Crippen molar-refractivity contribution < 1.29 is 24.9 Å². The first kappa shape index (κ1) is 26.1. The average molecular weight is 491 g/mol. The normalized spacial score (nSPS) is 54.8. The van der Waals surface area contributed by atoms with Gasteiger partial charge < -0.3 is 20.1 Å². The number of aliphatic hydroxyl groups is 3. The molecule has 5 aliphatic rings. The SMILES string of the molecule is CC(C)[C@@H](C)[C@]1(C)C[C@@H]1[C@@H](C)[C@H]1CC[C@@H]([C@@H]2C[C@@H]3O[C@@]34C[C@@H](O)C[C@@H](O)[C@]4(C)C2=O)[C@]1(C)CCO. The highest BCUT2D eigenvalue weighted by atomic mass is 16.6. The molecule has 0 unspecified atom stereocenters. The Bertz CT molecular complexity index is 858. The van der Waals surface area contributed by atoms with Gasteiger partial charge in [-0.15, -0.1) is 0 Å². The quantitative estimate of drug-likeness (QED) is 0.454. The highest BCUT2D eigenvalue weighted by molar-refractivity contribution is 5.91. The molecule has 0 amide bonds. The van der Waals surface area contributed by atoms with Gasteiger partial charge in [0.1, 0.15) is 11.4 Å². The Hall–Kier alpha value is -0.490. The average Bonchev–Trinajstić information content (AvgIpc) is 3.64. The summed E-state index contributed by atoms with van der Waals surface area (Å²) in [4.78, 5) is 14.2. The Balaban J connectivity index is 1.40. The van der Waals surface area contributed by atoms with E-state index < -0.39 is 23.2 Å². The van der Waals surface area contributed by atoms with Crippen molar-refractivity contribution in [1.82, 2.24) is 0 Å². The van der Waals surface area contributed by atoms with Crippen LogP contribution in [0.15, 0.2) is 0 Å². The smallest absolute Gasteiger partial charge is 0.147 e. The number of ether oxygens (including phenoxy) is 1. The molecule has 0 aromatic heterocycles. The summed E-state index contributed by atoms with van der Waals surface area (Å²) in [5, 5.41) is 31.6. The maximum absolute atomic E-state index is 14.2. The minimum absolute atomic E-state index is 0.0479. The van der Waals surface area contributed by atoms with E-state index in [-0.39, 0.29) is 42.2 Å². The summed E-state index contributed by atoms with van der Waals surface area (Å²) in [6.07, 6.45) is 4.03. The van der Waals surface area contributed by atoms with Gasteiger partial charge in [0.15, 0.2) is 0 Å². The highest BCUT2D eigenvalue weighted by Crippen LogP contribution is 2.70. The molecule has 5 nitrogen and oxygen atoms in total. The Labute approximate surface area is 212 Å². The van der Waals surface area contributed by atoms with Crippen LogP contribution in [-0.4, -0.2) is 51.6 Å². The first-order chi connectivity index (χ1) is 16.3. The number of aliphatic hydroxyl groups excluding tert-OH is 3. The summed E-state index contributed by atoms with van der Waals surface area (Å²) in [7, 11) is 0. The molecular formula is C30H50O5. The van der Waals surface area contributed by atoms with E-state index in [1.165, 1.54) is 6.42 Å². The van der Waals surface area contributed by atoms with E-state index in [1.807, 2.05) is 6.92 Å². The number of hydrogen-bond donors (Lipinski definition) is 3. The van der Waals surface area contributed by atoms with E-state index in [9.17, 15) is 20.1 Å². The maximum Gasteiger partial charge on any atom is 0.147 e. The molecule has 0 radical (unpaired) electrons. The molecule has 5 rings (SSSR count). The topological polar surface area (TPSA) is 90.3 Å². The monoisotopic (exact) mass is 490 g/mol. The van der Waals surface area contributed by atoms with Gasteiger partial charge in [-0.25, -0.2) is 0 Å². The van der Waals surface area contributed by atoms with Crippen LogP contribution in [0.25, 0.3) is 0 Å². The van der Waals surface area contributed by atoms with Gasteiger partial charge in [0, 0.05) is 25.4 Å². The van der Waals surface area contributed by atoms with Gasteiger partial charge in [0.2, 0.25) is 0 Å². The van der Waals surface area contributed by atoms with Gasteiger partial charge in [0.25, 0.3) is 0 Å². The maximum atomic E-state index is 14.2. The predicted molar refractivity (Wildman–Crippen MR) is 135 cm³/mol. The Morgan fingerprint density at radius 2 is 1.69 bits per heavy atom. The van der Waals surface area contributed by atoms with Crippen LogP contribution in [0.1, 0.15) is 93.4 Å². The third kappa shape index (κ3) is 3.43. The van der Waals surface area contributed by atoms with Crippen molar-refractivity contribution in [2.45, 2.75) is 117 Å². The standard InChI is InChI=1S/C30H50O5/c1-16(2)18(4)28(6)15-23(28)17(3)21-8-9-22(27(21,5)10-11-31)20-13-25-30(35-25)14-19(32)12-24(33)29(30,7)26(20)34/h16-25,31-33H,8-15H2,1-7H3/t17-,18+,19-,20-,21+,22-,23+,24+,25-,27+,28-,29+,30-/m0/s1. The minimum atomic E-state index is -0.939. The van der Waals surface area contributed by atoms with Crippen LogP contribution in [0.5, 0.6) is 0 Å². The van der Waals surface area contributed by atoms with Crippen molar-refractivity contribution in [3.05, 3.63) is 0 Å². The molecule has 35 heavy (non-hydrogen) atoms. The van der Waals surface area contributed by atoms with Crippen LogP contribution in [0.3, 0.4) is 0 Å². The second-order valence-corrected chi connectivity index (χ2v) is 14.5. The van der Waals surface area contributed by atoms with E-state index in [4.69, 9.17) is 4.74 Å². The zero-order valence-electron chi connectivity index (χ0n) is 23.1. The molecule has 13 atom stereocenters. The van der Waals surface area contributed by atoms with E-state index in [0.29, 0.717) is 47.8 Å². The zero-order chi connectivity index (χ0) is 25.7. The molecule has 4 aliphatic carbocycles. The molecule has 5 heteroatoms. The van der Waals surface area contributed by atoms with Crippen molar-refractivity contribution in [3.63, 3.8) is 0 Å². The molecular weight excluding hydrogens is 440 g/mol. The fraction of sp³-hybridized carbons (Fsp3) is 0.967. The first-order valence-electron chi connectivity index (χ1n) is 14.5. The largest absolute Gasteiger partial charge is 0.396 e. The van der Waals surface area contributed by atoms with Crippen molar-refractivity contribution in [1.29, 1.82) is 0 Å². The van der Waals surface area contributed by atoms with Crippen molar-refractivity contribution in [2.24, 2.45) is 57.7 Å². The molecule has 1 saturated heterocycles. The number of epoxide rings is 1. The third-order valence-corrected chi connectivity index (χ3v) is 13.0. The third-order valence-electron chi connectivity index (χ3n) is 13.0. The molecule has 0 bridgehead atoms. The van der Waals surface area contributed by atoms with Crippen molar-refractivity contribution in [2.75, 3.05) is 6.61 Å². The second-order valence-electron chi connectivity index (χ2n) is 14.5. The lowest BCUT2D eigenvalue weighted by Gasteiger charge is -2.51. The van der Waals surface area contributed by atoms with Gasteiger partial charge >= 0.3 is 0 Å². The van der Waals surface area contributed by atoms with Crippen LogP contribution in [0.2, 0.25) is 0 Å². The van der Waals surface area contributed by atoms with Gasteiger partial charge in [-0.2, -0.15) is 0 Å². The van der Waals surface area contributed by atoms with Gasteiger partial charge in [0.05, 0.1) is 23.7 Å². The summed E-state index contributed by atoms with van der Waals surface area (Å²) in [6.45, 7) is 16.4. The summed E-state index contributed by atoms with van der Waals surface area (Å²) in [5.74, 6) is 3.37. The molecule has 0 aromatic carbocycles. The number of Topliss-reactive ketones (excluding diaryl/α,β-unsaturated/α-hetero) is 1. The molecule has 1 heterocycles. The Morgan fingerprint density at radius 1 is 1.00 bits per heavy atom. The Morgan fingerprint density at radius 3 is 2.31 bits per heavy atom. The van der Waals surface area contributed by atoms with Crippen molar-refractivity contribution >= 4 is 5.78 Å². The molecule has 1 aliphatic heterocycles. The lowest BCUT2D eigenvalue weighted by atomic mass is 9.51. The van der Waals surface area contributed by atoms with Gasteiger partial charge in [-0.05, 0) is 85.4 Å². The van der Waals surface area contributed by atoms with Crippen LogP contribution >= 0.6 is 0 Å². The molecule has 5 fully saturated rings. The van der Waals surface area contributed by atoms with Gasteiger partial charge in [-0.1, -0.05) is 41.5 Å². The fourth-order valence-electron chi connectivity index (χ4n) is 10.2. The molecule has 200 valence electrons. The second kappa shape index (κ2) is 8.25. The summed E-state index contributed by atoms with van der Waals surface area (Å²) in [5.41, 5.74) is -1.32. The van der Waals surface area contributed by atoms with E-state index in [0.717, 1.165) is 19.3 Å². The fourth-order valence-corrected chi connectivity index (χ4v) is 10.2. The number of carbonyl (C=O) groups excluding carboxylic acids is 1. The number of rotatable bonds is 7. The molecule has 4 saturated carbocycles. The summed E-state index contributed by atoms with van der Waals surface area (Å²) in [6, 6.07) is 0. The number of carbonyl (C=O) groups is 1. The first-order valence-corrected chi connectivity index (χ1v) is 14.5. The Kier molecular flexibility index (Phi) is 6.16. The van der Waals surface area contributed by atoms with Crippen LogP contribution in [0, 0.1) is 57.7 Å². The number of hydrogen-bond acceptors (Lipinski definition) is 5. The lowest BCUT2D eigenvalue weighted by molar-refractivity contribution is -0.162. The van der Waals surface area contributed by atoms with E-state index in [2.05, 4.69) is 41.5 Å². The van der Waals surface area contributed by atoms with Crippen LogP contribution in [0.4, 0.5) is 0 Å². The highest BCUT2D eigenvalue weighted by Gasteiger charge is 2.78. The lowest BCUT2D eigenvalue weighted by Crippen LogP contribution is -2.63. The van der Waals surface area contributed by atoms with Gasteiger partial charge in [-0.3, -0.25) is 4.79 Å². The van der Waals surface area contributed by atoms with Crippen molar-refractivity contribution in [3.8, 4) is 0 Å². The summed E-state index contributed by atoms with van der Waals surface area (Å²) < 4.78 is 6.21. The molecule has 0 aromatic rings. The van der Waals surface area contributed by atoms with Crippen LogP contribution < -0.4 is 0 Å². The molecule has 1 spiro atoms. The van der Waals surface area contributed by atoms with E-state index >= 15 is 0 Å². The predicted octanol–water partition coefficient (Wildman–Crippen LogP) is 4.60. The summed E-state index contributed by atoms with van der Waals surface area (Å²) >= 11 is 0.